The van der Waals surface area contributed by atoms with E-state index < -0.39 is 11.9 Å². The molecule has 10 heteroatoms. The smallest absolute Gasteiger partial charge is 0.319 e. The van der Waals surface area contributed by atoms with Gasteiger partial charge in [-0.15, -0.1) is 0 Å². The molecule has 0 aromatic rings. The lowest BCUT2D eigenvalue weighted by Crippen LogP contribution is -2.45. The molecule has 262 valence electrons. The van der Waals surface area contributed by atoms with Crippen LogP contribution in [-0.4, -0.2) is 76.7 Å². The van der Waals surface area contributed by atoms with Crippen LogP contribution >= 0.6 is 0 Å². The van der Waals surface area contributed by atoms with E-state index in [4.69, 9.17) is 37.9 Å². The maximum absolute atomic E-state index is 12.4. The zero-order valence-corrected chi connectivity index (χ0v) is 29.1. The van der Waals surface area contributed by atoms with Crippen LogP contribution < -0.4 is 0 Å². The minimum absolute atomic E-state index is 0.0787. The molecule has 0 N–H and O–H groups in total. The monoisotopic (exact) mass is 634 g/mol. The minimum Gasteiger partial charge on any atom is -0.457 e. The predicted molar refractivity (Wildman–Crippen MR) is 171 cm³/mol. The number of ether oxygens (including phenoxy) is 8. The number of carbonyl (C=O) groups is 2. The SMILES string of the molecule is CCCCOC(COC(=O)CCCCCCCCC(=O)OCC(OCC)(OCCCC)OCCCC)(OCC)OCCCC. The Morgan fingerprint density at radius 2 is 0.705 bits per heavy atom. The van der Waals surface area contributed by atoms with E-state index in [2.05, 4.69) is 27.7 Å². The maximum Gasteiger partial charge on any atom is 0.319 e. The highest BCUT2D eigenvalue weighted by Crippen LogP contribution is 2.21. The highest BCUT2D eigenvalue weighted by molar-refractivity contribution is 5.69. The van der Waals surface area contributed by atoms with Crippen molar-refractivity contribution in [3.8, 4) is 0 Å². The summed E-state index contributed by atoms with van der Waals surface area (Å²) in [5, 5.41) is 0. The van der Waals surface area contributed by atoms with E-state index in [-0.39, 0.29) is 25.2 Å². The topological polar surface area (TPSA) is 108 Å². The number of unbranched alkanes of at least 4 members (excludes halogenated alkanes) is 9. The molecule has 0 rings (SSSR count). The Hall–Kier alpha value is -1.30. The molecule has 0 atom stereocenters. The molecule has 0 bridgehead atoms. The van der Waals surface area contributed by atoms with Gasteiger partial charge in [0.1, 0.15) is 0 Å². The van der Waals surface area contributed by atoms with Crippen molar-refractivity contribution in [3.05, 3.63) is 0 Å². The number of rotatable bonds is 33. The first-order valence-corrected chi connectivity index (χ1v) is 17.5. The fraction of sp³-hybridized carbons (Fsp3) is 0.941. The van der Waals surface area contributed by atoms with Crippen LogP contribution in [0.4, 0.5) is 0 Å². The summed E-state index contributed by atoms with van der Waals surface area (Å²) < 4.78 is 46.2. The van der Waals surface area contributed by atoms with Gasteiger partial charge < -0.3 is 37.9 Å². The number of hydrogen-bond donors (Lipinski definition) is 0. The molecule has 0 saturated heterocycles. The van der Waals surface area contributed by atoms with Gasteiger partial charge in [-0.2, -0.15) is 0 Å². The highest BCUT2D eigenvalue weighted by Gasteiger charge is 2.36. The van der Waals surface area contributed by atoms with Gasteiger partial charge in [0.25, 0.3) is 0 Å². The fourth-order valence-electron chi connectivity index (χ4n) is 4.16. The Balaban J connectivity index is 4.35. The van der Waals surface area contributed by atoms with Crippen LogP contribution in [0.25, 0.3) is 0 Å². The third-order valence-corrected chi connectivity index (χ3v) is 6.84. The second-order valence-corrected chi connectivity index (χ2v) is 11.0. The Kier molecular flexibility index (Phi) is 28.3. The molecule has 0 aromatic heterocycles. The van der Waals surface area contributed by atoms with Crippen molar-refractivity contribution < 1.29 is 47.5 Å². The second kappa shape index (κ2) is 29.1. The normalized spacial score (nSPS) is 12.0. The van der Waals surface area contributed by atoms with Gasteiger partial charge >= 0.3 is 23.9 Å². The third-order valence-electron chi connectivity index (χ3n) is 6.84. The van der Waals surface area contributed by atoms with Crippen molar-refractivity contribution >= 4 is 11.9 Å². The van der Waals surface area contributed by atoms with Crippen LogP contribution in [0.5, 0.6) is 0 Å². The van der Waals surface area contributed by atoms with E-state index in [1.807, 2.05) is 13.8 Å². The summed E-state index contributed by atoms with van der Waals surface area (Å²) in [6.45, 7) is 14.6. The third kappa shape index (κ3) is 22.2. The lowest BCUT2D eigenvalue weighted by Gasteiger charge is -2.32. The van der Waals surface area contributed by atoms with Gasteiger partial charge in [-0.3, -0.25) is 9.59 Å². The summed E-state index contributed by atoms with van der Waals surface area (Å²) in [5.74, 6) is -3.25. The van der Waals surface area contributed by atoms with Crippen LogP contribution in [-0.2, 0) is 47.5 Å². The maximum atomic E-state index is 12.4. The van der Waals surface area contributed by atoms with Crippen molar-refractivity contribution in [1.82, 2.24) is 0 Å². The zero-order chi connectivity index (χ0) is 32.8. The molecule has 0 spiro atoms. The molecule has 0 heterocycles. The fourth-order valence-corrected chi connectivity index (χ4v) is 4.16. The van der Waals surface area contributed by atoms with Crippen molar-refractivity contribution in [2.24, 2.45) is 0 Å². The van der Waals surface area contributed by atoms with Gasteiger partial charge in [0.2, 0.25) is 0 Å². The molecule has 0 aliphatic carbocycles. The first-order chi connectivity index (χ1) is 21.4. The molecule has 10 nitrogen and oxygen atoms in total. The first kappa shape index (κ1) is 42.7. The van der Waals surface area contributed by atoms with E-state index in [1.165, 1.54) is 0 Å². The largest absolute Gasteiger partial charge is 0.457 e. The van der Waals surface area contributed by atoms with Crippen LogP contribution in [0.1, 0.15) is 144 Å². The first-order valence-electron chi connectivity index (χ1n) is 17.5. The summed E-state index contributed by atoms with van der Waals surface area (Å²) in [7, 11) is 0. The molecule has 0 unspecified atom stereocenters. The van der Waals surface area contributed by atoms with Crippen molar-refractivity contribution in [1.29, 1.82) is 0 Å². The van der Waals surface area contributed by atoms with E-state index in [9.17, 15) is 9.59 Å². The molecule has 0 saturated carbocycles. The lowest BCUT2D eigenvalue weighted by molar-refractivity contribution is -0.391. The van der Waals surface area contributed by atoms with Crippen LogP contribution in [0, 0.1) is 0 Å². The van der Waals surface area contributed by atoms with E-state index in [1.54, 1.807) is 0 Å². The van der Waals surface area contributed by atoms with Gasteiger partial charge in [-0.25, -0.2) is 0 Å². The average Bonchev–Trinajstić information content (AvgIpc) is 3.01. The quantitative estimate of drug-likeness (QED) is 0.0402. The van der Waals surface area contributed by atoms with Crippen molar-refractivity contribution in [2.75, 3.05) is 52.9 Å². The molecular formula is C34H66O10. The van der Waals surface area contributed by atoms with Crippen LogP contribution in [0.2, 0.25) is 0 Å². The summed E-state index contributed by atoms with van der Waals surface area (Å²) in [6.07, 6.45) is 13.4. The van der Waals surface area contributed by atoms with Crippen LogP contribution in [0.3, 0.4) is 0 Å². The summed E-state index contributed by atoms with van der Waals surface area (Å²) in [5.41, 5.74) is 0. The van der Waals surface area contributed by atoms with Gasteiger partial charge in [-0.1, -0.05) is 79.1 Å². The molecular weight excluding hydrogens is 568 g/mol. The molecule has 0 aliphatic rings. The number of esters is 2. The van der Waals surface area contributed by atoms with Crippen molar-refractivity contribution in [2.45, 2.75) is 156 Å². The minimum atomic E-state index is -1.34. The molecule has 0 amide bonds. The highest BCUT2D eigenvalue weighted by atomic mass is 16.9. The summed E-state index contributed by atoms with van der Waals surface area (Å²) in [4.78, 5) is 24.8. The molecule has 0 aromatic carbocycles. The Labute approximate surface area is 268 Å². The second-order valence-electron chi connectivity index (χ2n) is 11.0. The van der Waals surface area contributed by atoms with Gasteiger partial charge in [-0.05, 0) is 52.4 Å². The van der Waals surface area contributed by atoms with Crippen LogP contribution in [0.15, 0.2) is 0 Å². The van der Waals surface area contributed by atoms with E-state index in [0.29, 0.717) is 52.5 Å². The lowest BCUT2D eigenvalue weighted by atomic mass is 10.1. The molecule has 0 radical (unpaired) electrons. The molecule has 44 heavy (non-hydrogen) atoms. The predicted octanol–water partition coefficient (Wildman–Crippen LogP) is 7.84. The van der Waals surface area contributed by atoms with Gasteiger partial charge in [0.15, 0.2) is 13.2 Å². The van der Waals surface area contributed by atoms with Crippen molar-refractivity contribution in [3.63, 3.8) is 0 Å². The van der Waals surface area contributed by atoms with E-state index >= 15 is 0 Å². The average molecular weight is 635 g/mol. The Morgan fingerprint density at radius 1 is 0.409 bits per heavy atom. The van der Waals surface area contributed by atoms with Gasteiger partial charge in [0.05, 0.1) is 26.4 Å². The molecule has 0 aliphatic heterocycles. The molecule has 0 fully saturated rings. The Bertz CT molecular complexity index is 596. The van der Waals surface area contributed by atoms with E-state index in [0.717, 1.165) is 89.9 Å². The summed E-state index contributed by atoms with van der Waals surface area (Å²) in [6, 6.07) is 0. The Morgan fingerprint density at radius 3 is 0.977 bits per heavy atom. The number of carbonyl (C=O) groups excluding carboxylic acids is 2. The summed E-state index contributed by atoms with van der Waals surface area (Å²) >= 11 is 0. The standard InChI is InChI=1S/C34H66O10/c1-7-13-25-41-33(39-11-5,42-26-14-8-2)29-37-31(35)23-21-19-17-18-20-22-24-32(36)38-30-34(40-12-6,43-27-15-9-3)44-28-16-10-4/h7-30H2,1-6H3. The van der Waals surface area contributed by atoms with Gasteiger partial charge in [0, 0.05) is 26.1 Å². The number of hydrogen-bond acceptors (Lipinski definition) is 10. The zero-order valence-electron chi connectivity index (χ0n) is 29.1.